The van der Waals surface area contributed by atoms with E-state index in [2.05, 4.69) is 17.1 Å². The third-order valence-electron chi connectivity index (χ3n) is 3.97. The van der Waals surface area contributed by atoms with E-state index in [4.69, 9.17) is 10.3 Å². The third-order valence-corrected chi connectivity index (χ3v) is 3.97. The van der Waals surface area contributed by atoms with Crippen LogP contribution in [0.5, 0.6) is 0 Å². The number of aliphatic hydroxyl groups excluding tert-OH is 1. The van der Waals surface area contributed by atoms with Gasteiger partial charge in [0.25, 0.3) is 5.89 Å². The highest BCUT2D eigenvalue weighted by Crippen LogP contribution is 2.36. The maximum Gasteiger partial charge on any atom is 0.255 e. The van der Waals surface area contributed by atoms with E-state index < -0.39 is 6.10 Å². The van der Waals surface area contributed by atoms with E-state index in [1.807, 2.05) is 0 Å². The van der Waals surface area contributed by atoms with Crippen molar-refractivity contribution < 1.29 is 9.63 Å². The molecule has 1 atom stereocenters. The van der Waals surface area contributed by atoms with Crippen molar-refractivity contribution in [2.24, 2.45) is 11.7 Å². The van der Waals surface area contributed by atoms with Crippen molar-refractivity contribution >= 4 is 0 Å². The van der Waals surface area contributed by atoms with Gasteiger partial charge in [0, 0.05) is 5.92 Å². The van der Waals surface area contributed by atoms with E-state index >= 15 is 0 Å². The van der Waals surface area contributed by atoms with Crippen LogP contribution < -0.4 is 5.73 Å². The average Bonchev–Trinajstić information content (AvgIpc) is 2.89. The summed E-state index contributed by atoms with van der Waals surface area (Å²) in [7, 11) is 0. The second-order valence-corrected chi connectivity index (χ2v) is 5.21. The Hall–Kier alpha value is -0.940. The third kappa shape index (κ3) is 3.09. The van der Waals surface area contributed by atoms with Crippen molar-refractivity contribution in [3.05, 3.63) is 11.7 Å². The summed E-state index contributed by atoms with van der Waals surface area (Å²) >= 11 is 0. The van der Waals surface area contributed by atoms with E-state index in [9.17, 15) is 5.11 Å². The zero-order chi connectivity index (χ0) is 13.0. The lowest BCUT2D eigenvalue weighted by molar-refractivity contribution is 0.127. The molecular formula is C13H23N3O2. The highest BCUT2D eigenvalue weighted by molar-refractivity contribution is 4.99. The lowest BCUT2D eigenvalue weighted by Gasteiger charge is -2.25. The van der Waals surface area contributed by atoms with Crippen LogP contribution in [0.25, 0.3) is 0 Å². The van der Waals surface area contributed by atoms with Crippen LogP contribution in [0.4, 0.5) is 0 Å². The molecule has 3 N–H and O–H groups in total. The lowest BCUT2D eigenvalue weighted by atomic mass is 9.80. The van der Waals surface area contributed by atoms with Gasteiger partial charge < -0.3 is 15.4 Å². The molecule has 0 aliphatic heterocycles. The molecule has 1 aromatic rings. The Kier molecular flexibility index (Phi) is 4.72. The van der Waals surface area contributed by atoms with Gasteiger partial charge >= 0.3 is 0 Å². The van der Waals surface area contributed by atoms with E-state index in [0.717, 1.165) is 24.6 Å². The first-order valence-electron chi connectivity index (χ1n) is 6.96. The Morgan fingerprint density at radius 2 is 2.11 bits per heavy atom. The molecule has 102 valence electrons. The summed E-state index contributed by atoms with van der Waals surface area (Å²) in [5.74, 6) is 2.33. The Balaban J connectivity index is 1.94. The molecule has 1 fully saturated rings. The number of rotatable bonds is 5. The molecule has 1 saturated carbocycles. The molecule has 5 nitrogen and oxygen atoms in total. The van der Waals surface area contributed by atoms with Crippen LogP contribution in [0, 0.1) is 5.92 Å². The van der Waals surface area contributed by atoms with Gasteiger partial charge in [-0.15, -0.1) is 0 Å². The minimum atomic E-state index is -0.719. The molecular weight excluding hydrogens is 230 g/mol. The van der Waals surface area contributed by atoms with Gasteiger partial charge in [-0.1, -0.05) is 18.5 Å². The molecule has 0 unspecified atom stereocenters. The summed E-state index contributed by atoms with van der Waals surface area (Å²) in [4.78, 5) is 4.32. The fraction of sp³-hybridized carbons (Fsp3) is 0.846. The second-order valence-electron chi connectivity index (χ2n) is 5.21. The van der Waals surface area contributed by atoms with Crippen LogP contribution in [0.2, 0.25) is 0 Å². The number of nitrogens with zero attached hydrogens (tertiary/aromatic N) is 2. The van der Waals surface area contributed by atoms with Crippen LogP contribution in [0.15, 0.2) is 4.52 Å². The first-order valence-corrected chi connectivity index (χ1v) is 6.96. The molecule has 1 aromatic heterocycles. The van der Waals surface area contributed by atoms with Crippen LogP contribution in [0.3, 0.4) is 0 Å². The molecule has 1 aliphatic rings. The van der Waals surface area contributed by atoms with Gasteiger partial charge in [-0.05, 0) is 44.6 Å². The quantitative estimate of drug-likeness (QED) is 0.839. The van der Waals surface area contributed by atoms with Gasteiger partial charge in [-0.2, -0.15) is 4.98 Å². The highest BCUT2D eigenvalue weighted by Gasteiger charge is 2.26. The predicted molar refractivity (Wildman–Crippen MR) is 67.9 cm³/mol. The van der Waals surface area contributed by atoms with E-state index in [1.54, 1.807) is 0 Å². The molecule has 1 aliphatic carbocycles. The second kappa shape index (κ2) is 6.29. The van der Waals surface area contributed by atoms with Gasteiger partial charge in [0.15, 0.2) is 5.82 Å². The Bertz CT molecular complexity index is 359. The molecule has 0 bridgehead atoms. The van der Waals surface area contributed by atoms with Gasteiger partial charge in [0.1, 0.15) is 6.10 Å². The molecule has 0 saturated heterocycles. The molecule has 0 spiro atoms. The maximum absolute atomic E-state index is 9.74. The summed E-state index contributed by atoms with van der Waals surface area (Å²) in [5, 5.41) is 13.7. The SMILES string of the molecule is CCC1CCC(c2noc([C@@H](O)CCN)n2)CC1. The summed E-state index contributed by atoms with van der Waals surface area (Å²) < 4.78 is 5.12. The largest absolute Gasteiger partial charge is 0.383 e. The van der Waals surface area contributed by atoms with E-state index in [0.29, 0.717) is 24.8 Å². The smallest absolute Gasteiger partial charge is 0.255 e. The van der Waals surface area contributed by atoms with Crippen molar-refractivity contribution in [3.8, 4) is 0 Å². The number of aliphatic hydroxyl groups is 1. The summed E-state index contributed by atoms with van der Waals surface area (Å²) in [6.07, 6.45) is 5.76. The van der Waals surface area contributed by atoms with Crippen LogP contribution >= 0.6 is 0 Å². The highest BCUT2D eigenvalue weighted by atomic mass is 16.5. The Morgan fingerprint density at radius 1 is 1.39 bits per heavy atom. The monoisotopic (exact) mass is 253 g/mol. The molecule has 0 aromatic carbocycles. The van der Waals surface area contributed by atoms with Crippen LogP contribution in [-0.2, 0) is 0 Å². The van der Waals surface area contributed by atoms with Crippen molar-refractivity contribution in [2.45, 2.75) is 57.5 Å². The molecule has 1 heterocycles. The molecule has 2 rings (SSSR count). The molecule has 0 radical (unpaired) electrons. The average molecular weight is 253 g/mol. The van der Waals surface area contributed by atoms with Gasteiger partial charge in [0.05, 0.1) is 0 Å². The minimum absolute atomic E-state index is 0.313. The van der Waals surface area contributed by atoms with Crippen LogP contribution in [0.1, 0.15) is 69.2 Å². The predicted octanol–water partition coefficient (Wildman–Crippen LogP) is 2.14. The molecule has 18 heavy (non-hydrogen) atoms. The number of nitrogens with two attached hydrogens (primary N) is 1. The van der Waals surface area contributed by atoms with Crippen molar-refractivity contribution in [1.82, 2.24) is 10.1 Å². The number of aromatic nitrogens is 2. The Morgan fingerprint density at radius 3 is 2.72 bits per heavy atom. The normalized spacial score (nSPS) is 26.2. The first-order chi connectivity index (χ1) is 8.74. The molecule has 0 amide bonds. The van der Waals surface area contributed by atoms with E-state index in [-0.39, 0.29) is 0 Å². The minimum Gasteiger partial charge on any atom is -0.383 e. The maximum atomic E-state index is 9.74. The zero-order valence-electron chi connectivity index (χ0n) is 11.0. The number of hydrogen-bond acceptors (Lipinski definition) is 5. The standard InChI is InChI=1S/C13H23N3O2/c1-2-9-3-5-10(6-4-9)12-15-13(18-16-12)11(17)7-8-14/h9-11,17H,2-8,14H2,1H3/t9?,10?,11-/m0/s1. The Labute approximate surface area is 108 Å². The van der Waals surface area contributed by atoms with Crippen LogP contribution in [-0.4, -0.2) is 21.8 Å². The fourth-order valence-electron chi connectivity index (χ4n) is 2.66. The fourth-order valence-corrected chi connectivity index (χ4v) is 2.66. The van der Waals surface area contributed by atoms with Gasteiger partial charge in [-0.25, -0.2) is 0 Å². The first kappa shape index (κ1) is 13.5. The zero-order valence-corrected chi connectivity index (χ0v) is 11.0. The van der Waals surface area contributed by atoms with Crippen molar-refractivity contribution in [2.75, 3.05) is 6.54 Å². The van der Waals surface area contributed by atoms with Crippen molar-refractivity contribution in [3.63, 3.8) is 0 Å². The van der Waals surface area contributed by atoms with Crippen molar-refractivity contribution in [1.29, 1.82) is 0 Å². The summed E-state index contributed by atoms with van der Waals surface area (Å²) in [6, 6.07) is 0. The van der Waals surface area contributed by atoms with Gasteiger partial charge in [0.2, 0.25) is 0 Å². The molecule has 5 heteroatoms. The lowest BCUT2D eigenvalue weighted by Crippen LogP contribution is -2.14. The topological polar surface area (TPSA) is 85.2 Å². The van der Waals surface area contributed by atoms with E-state index in [1.165, 1.54) is 19.3 Å². The summed E-state index contributed by atoms with van der Waals surface area (Å²) in [6.45, 7) is 2.67. The number of hydrogen-bond donors (Lipinski definition) is 2. The summed E-state index contributed by atoms with van der Waals surface area (Å²) in [5.41, 5.74) is 5.40. The van der Waals surface area contributed by atoms with Gasteiger partial charge in [-0.3, -0.25) is 0 Å².